The Labute approximate surface area is 158 Å². The van der Waals surface area contributed by atoms with Gasteiger partial charge in [-0.2, -0.15) is 0 Å². The average Bonchev–Trinajstić information content (AvgIpc) is 2.69. The number of aromatic nitrogens is 1. The van der Waals surface area contributed by atoms with Gasteiger partial charge in [-0.1, -0.05) is 54.6 Å². The van der Waals surface area contributed by atoms with Crippen LogP contribution in [0.5, 0.6) is 0 Å². The molecule has 3 aromatic carbocycles. The van der Waals surface area contributed by atoms with Crippen molar-refractivity contribution in [3.8, 4) is 11.1 Å². The summed E-state index contributed by atoms with van der Waals surface area (Å²) in [6.45, 7) is 1.87. The van der Waals surface area contributed by atoms with Crippen LogP contribution in [0.2, 0.25) is 0 Å². The van der Waals surface area contributed by atoms with Crippen molar-refractivity contribution in [2.24, 2.45) is 0 Å². The first-order valence-corrected chi connectivity index (χ1v) is 10.1. The van der Waals surface area contributed by atoms with Gasteiger partial charge >= 0.3 is 0 Å². The Hall–Kier alpha value is -3.18. The summed E-state index contributed by atoms with van der Waals surface area (Å²) in [5.41, 5.74) is 4.04. The van der Waals surface area contributed by atoms with Crippen LogP contribution in [0.4, 0.5) is 5.69 Å². The van der Waals surface area contributed by atoms with Crippen LogP contribution in [0.1, 0.15) is 5.56 Å². The van der Waals surface area contributed by atoms with Gasteiger partial charge in [0.2, 0.25) is 0 Å². The highest BCUT2D eigenvalue weighted by molar-refractivity contribution is 7.92. The van der Waals surface area contributed by atoms with Gasteiger partial charge in [-0.15, -0.1) is 0 Å². The third kappa shape index (κ3) is 3.41. The largest absolute Gasteiger partial charge is 0.277 e. The van der Waals surface area contributed by atoms with E-state index in [0.29, 0.717) is 11.2 Å². The molecule has 0 bridgehead atoms. The third-order valence-corrected chi connectivity index (χ3v) is 5.76. The highest BCUT2D eigenvalue weighted by Gasteiger charge is 2.17. The van der Waals surface area contributed by atoms with Crippen molar-refractivity contribution < 1.29 is 8.42 Å². The maximum absolute atomic E-state index is 12.8. The zero-order valence-electron chi connectivity index (χ0n) is 14.8. The average molecular weight is 374 g/mol. The van der Waals surface area contributed by atoms with Crippen molar-refractivity contribution in [3.63, 3.8) is 0 Å². The molecular weight excluding hydrogens is 356 g/mol. The van der Waals surface area contributed by atoms with Crippen molar-refractivity contribution in [2.75, 3.05) is 4.72 Å². The van der Waals surface area contributed by atoms with Gasteiger partial charge < -0.3 is 0 Å². The number of aryl methyl sites for hydroxylation is 1. The van der Waals surface area contributed by atoms with Crippen molar-refractivity contribution in [3.05, 3.63) is 90.6 Å². The fourth-order valence-corrected chi connectivity index (χ4v) is 4.28. The Morgan fingerprint density at radius 3 is 2.44 bits per heavy atom. The first-order chi connectivity index (χ1) is 13.0. The molecule has 0 aliphatic heterocycles. The number of hydrogen-bond donors (Lipinski definition) is 1. The predicted octanol–water partition coefficient (Wildman–Crippen LogP) is 5.01. The molecule has 0 radical (unpaired) electrons. The van der Waals surface area contributed by atoms with E-state index in [1.165, 1.54) is 0 Å². The zero-order valence-corrected chi connectivity index (χ0v) is 15.6. The second-order valence-electron chi connectivity index (χ2n) is 6.35. The predicted molar refractivity (Wildman–Crippen MR) is 109 cm³/mol. The minimum absolute atomic E-state index is 0.235. The molecule has 1 N–H and O–H groups in total. The van der Waals surface area contributed by atoms with Gasteiger partial charge in [-0.05, 0) is 47.9 Å². The molecule has 4 nitrogen and oxygen atoms in total. The van der Waals surface area contributed by atoms with Crippen molar-refractivity contribution in [1.29, 1.82) is 0 Å². The quantitative estimate of drug-likeness (QED) is 0.546. The summed E-state index contributed by atoms with van der Waals surface area (Å²) in [4.78, 5) is 4.67. The van der Waals surface area contributed by atoms with E-state index in [1.807, 2.05) is 61.5 Å². The van der Waals surface area contributed by atoms with E-state index in [0.717, 1.165) is 22.1 Å². The smallest absolute Gasteiger partial charge is 0.261 e. The van der Waals surface area contributed by atoms with Crippen LogP contribution in [-0.4, -0.2) is 13.4 Å². The number of pyridine rings is 1. The van der Waals surface area contributed by atoms with Crippen LogP contribution in [0.15, 0.2) is 90.0 Å². The highest BCUT2D eigenvalue weighted by atomic mass is 32.2. The number of sulfonamides is 1. The van der Waals surface area contributed by atoms with E-state index < -0.39 is 10.0 Å². The molecule has 1 heterocycles. The van der Waals surface area contributed by atoms with E-state index in [2.05, 4.69) is 9.71 Å². The molecule has 5 heteroatoms. The van der Waals surface area contributed by atoms with Crippen LogP contribution in [0.25, 0.3) is 22.0 Å². The molecule has 4 aromatic rings. The van der Waals surface area contributed by atoms with Crippen LogP contribution in [0.3, 0.4) is 0 Å². The molecule has 0 amide bonds. The molecular formula is C22H18N2O2S. The van der Waals surface area contributed by atoms with Gasteiger partial charge in [-0.3, -0.25) is 9.71 Å². The fourth-order valence-electron chi connectivity index (χ4n) is 3.11. The van der Waals surface area contributed by atoms with Crippen LogP contribution in [0, 0.1) is 6.92 Å². The fraction of sp³-hybridized carbons (Fsp3) is 0.0455. The Kier molecular flexibility index (Phi) is 4.38. The molecule has 134 valence electrons. The monoisotopic (exact) mass is 374 g/mol. The molecule has 0 spiro atoms. The van der Waals surface area contributed by atoms with Crippen LogP contribution >= 0.6 is 0 Å². The summed E-state index contributed by atoms with van der Waals surface area (Å²) in [6, 6.07) is 24.3. The third-order valence-electron chi connectivity index (χ3n) is 4.40. The second kappa shape index (κ2) is 6.85. The van der Waals surface area contributed by atoms with Crippen molar-refractivity contribution in [2.45, 2.75) is 11.8 Å². The summed E-state index contributed by atoms with van der Waals surface area (Å²) < 4.78 is 28.3. The molecule has 0 fully saturated rings. The van der Waals surface area contributed by atoms with E-state index in [1.54, 1.807) is 30.5 Å². The zero-order chi connectivity index (χ0) is 18.9. The van der Waals surface area contributed by atoms with E-state index in [-0.39, 0.29) is 4.90 Å². The molecule has 0 saturated heterocycles. The van der Waals surface area contributed by atoms with Gasteiger partial charge in [0.1, 0.15) is 0 Å². The molecule has 0 atom stereocenters. The molecule has 1 aromatic heterocycles. The number of benzene rings is 3. The van der Waals surface area contributed by atoms with Crippen LogP contribution < -0.4 is 4.72 Å². The minimum Gasteiger partial charge on any atom is -0.277 e. The Bertz CT molecular complexity index is 1220. The maximum Gasteiger partial charge on any atom is 0.261 e. The summed E-state index contributed by atoms with van der Waals surface area (Å²) >= 11 is 0. The summed E-state index contributed by atoms with van der Waals surface area (Å²) in [7, 11) is -3.69. The molecule has 0 saturated carbocycles. The van der Waals surface area contributed by atoms with E-state index in [4.69, 9.17) is 0 Å². The van der Waals surface area contributed by atoms with Crippen LogP contribution in [-0.2, 0) is 10.0 Å². The summed E-state index contributed by atoms with van der Waals surface area (Å²) in [6.07, 6.45) is 1.67. The SMILES string of the molecule is Cc1cccc(S(=O)(=O)Nc2ccc(-c3ccccc3)c3cccnc23)c1. The number of hydrogen-bond acceptors (Lipinski definition) is 3. The molecule has 27 heavy (non-hydrogen) atoms. The van der Waals surface area contributed by atoms with Gasteiger partial charge in [0, 0.05) is 11.6 Å². The van der Waals surface area contributed by atoms with Gasteiger partial charge in [0.25, 0.3) is 10.0 Å². The number of nitrogens with zero attached hydrogens (tertiary/aromatic N) is 1. The molecule has 0 aliphatic carbocycles. The summed E-state index contributed by atoms with van der Waals surface area (Å²) in [5, 5.41) is 0.896. The Morgan fingerprint density at radius 2 is 1.67 bits per heavy atom. The van der Waals surface area contributed by atoms with E-state index in [9.17, 15) is 8.42 Å². The number of anilines is 1. The standard InChI is InChI=1S/C22H18N2O2S/c1-16-7-5-10-18(15-16)27(25,26)24-21-13-12-19(17-8-3-2-4-9-17)20-11-6-14-23-22(20)21/h2-15,24H,1H3. The maximum atomic E-state index is 12.8. The Morgan fingerprint density at radius 1 is 0.852 bits per heavy atom. The first-order valence-electron chi connectivity index (χ1n) is 8.57. The number of nitrogens with one attached hydrogen (secondary N) is 1. The van der Waals surface area contributed by atoms with Crippen molar-refractivity contribution in [1.82, 2.24) is 4.98 Å². The highest BCUT2D eigenvalue weighted by Crippen LogP contribution is 2.32. The first kappa shape index (κ1) is 17.2. The lowest BCUT2D eigenvalue weighted by molar-refractivity contribution is 0.601. The molecule has 0 aliphatic rings. The second-order valence-corrected chi connectivity index (χ2v) is 8.03. The number of rotatable bonds is 4. The lowest BCUT2D eigenvalue weighted by Gasteiger charge is -2.13. The molecule has 4 rings (SSSR count). The number of fused-ring (bicyclic) bond motifs is 1. The van der Waals surface area contributed by atoms with Gasteiger partial charge in [0.15, 0.2) is 0 Å². The molecule has 0 unspecified atom stereocenters. The Balaban J connectivity index is 1.82. The lowest BCUT2D eigenvalue weighted by Crippen LogP contribution is -2.13. The van der Waals surface area contributed by atoms with Crippen molar-refractivity contribution >= 4 is 26.6 Å². The van der Waals surface area contributed by atoms with Gasteiger partial charge in [0.05, 0.1) is 16.1 Å². The topological polar surface area (TPSA) is 59.1 Å². The normalized spacial score (nSPS) is 11.4. The van der Waals surface area contributed by atoms with E-state index >= 15 is 0 Å². The minimum atomic E-state index is -3.69. The summed E-state index contributed by atoms with van der Waals surface area (Å²) in [5.74, 6) is 0. The van der Waals surface area contributed by atoms with Gasteiger partial charge in [-0.25, -0.2) is 8.42 Å². The lowest BCUT2D eigenvalue weighted by atomic mass is 10.00.